The molecule has 0 atom stereocenters. The Hall–Kier alpha value is -2.63. The van der Waals surface area contributed by atoms with Crippen LogP contribution < -0.4 is 5.73 Å². The number of imide groups is 1. The highest BCUT2D eigenvalue weighted by Crippen LogP contribution is 2.28. The standard InChI is InChI=1S/C14H13N3O3/c1-2-8-6-16-11(20-8)7-17-13(18)9-4-3-5-10(15)12(9)14(17)19/h3-6H,2,7,15H2,1H3. The molecule has 6 heteroatoms. The number of rotatable bonds is 3. The summed E-state index contributed by atoms with van der Waals surface area (Å²) < 4.78 is 5.43. The fourth-order valence-electron chi connectivity index (χ4n) is 2.22. The topological polar surface area (TPSA) is 89.4 Å². The first kappa shape index (κ1) is 12.4. The minimum Gasteiger partial charge on any atom is -0.444 e. The Labute approximate surface area is 115 Å². The van der Waals surface area contributed by atoms with Crippen LogP contribution in [0.15, 0.2) is 28.8 Å². The molecule has 0 saturated heterocycles. The normalized spacial score (nSPS) is 13.9. The highest BCUT2D eigenvalue weighted by atomic mass is 16.4. The van der Waals surface area contributed by atoms with Gasteiger partial charge < -0.3 is 10.2 Å². The van der Waals surface area contributed by atoms with Gasteiger partial charge in [0.1, 0.15) is 12.3 Å². The number of hydrogen-bond donors (Lipinski definition) is 1. The van der Waals surface area contributed by atoms with Gasteiger partial charge in [-0.05, 0) is 12.1 Å². The van der Waals surface area contributed by atoms with Crippen molar-refractivity contribution in [1.82, 2.24) is 9.88 Å². The Morgan fingerprint density at radius 2 is 2.10 bits per heavy atom. The lowest BCUT2D eigenvalue weighted by molar-refractivity contribution is 0.0628. The Morgan fingerprint density at radius 3 is 2.75 bits per heavy atom. The number of anilines is 1. The summed E-state index contributed by atoms with van der Waals surface area (Å²) in [6.07, 6.45) is 2.31. The molecule has 20 heavy (non-hydrogen) atoms. The van der Waals surface area contributed by atoms with Crippen molar-refractivity contribution in [2.75, 3.05) is 5.73 Å². The van der Waals surface area contributed by atoms with E-state index in [1.807, 2.05) is 6.92 Å². The number of aryl methyl sites for hydroxylation is 1. The number of carbonyl (C=O) groups is 2. The first-order valence-corrected chi connectivity index (χ1v) is 6.30. The maximum absolute atomic E-state index is 12.3. The minimum absolute atomic E-state index is 0.0196. The van der Waals surface area contributed by atoms with E-state index in [-0.39, 0.29) is 18.0 Å². The smallest absolute Gasteiger partial charge is 0.264 e. The quantitative estimate of drug-likeness (QED) is 0.676. The predicted octanol–water partition coefficient (Wildman–Crippen LogP) is 1.62. The summed E-state index contributed by atoms with van der Waals surface area (Å²) >= 11 is 0. The second-order valence-electron chi connectivity index (χ2n) is 4.54. The van der Waals surface area contributed by atoms with Gasteiger partial charge in [-0.1, -0.05) is 13.0 Å². The van der Waals surface area contributed by atoms with E-state index in [0.717, 1.165) is 10.7 Å². The van der Waals surface area contributed by atoms with Crippen molar-refractivity contribution in [2.45, 2.75) is 19.9 Å². The van der Waals surface area contributed by atoms with E-state index in [0.29, 0.717) is 23.6 Å². The van der Waals surface area contributed by atoms with Crippen molar-refractivity contribution in [3.05, 3.63) is 47.2 Å². The van der Waals surface area contributed by atoms with Crippen LogP contribution in [0.25, 0.3) is 0 Å². The molecule has 2 heterocycles. The maximum Gasteiger partial charge on any atom is 0.264 e. The number of nitrogens with two attached hydrogens (primary N) is 1. The van der Waals surface area contributed by atoms with Gasteiger partial charge in [0, 0.05) is 12.1 Å². The SMILES string of the molecule is CCc1cnc(CN2C(=O)c3cccc(N)c3C2=O)o1. The minimum atomic E-state index is -0.403. The fourth-order valence-corrected chi connectivity index (χ4v) is 2.22. The van der Waals surface area contributed by atoms with Crippen molar-refractivity contribution in [2.24, 2.45) is 0 Å². The molecular formula is C14H13N3O3. The molecule has 0 radical (unpaired) electrons. The molecule has 1 aliphatic heterocycles. The number of nitrogen functional groups attached to an aromatic ring is 1. The van der Waals surface area contributed by atoms with E-state index >= 15 is 0 Å². The van der Waals surface area contributed by atoms with E-state index < -0.39 is 5.91 Å². The van der Waals surface area contributed by atoms with E-state index in [1.165, 1.54) is 0 Å². The summed E-state index contributed by atoms with van der Waals surface area (Å²) in [7, 11) is 0. The molecule has 0 saturated carbocycles. The lowest BCUT2D eigenvalue weighted by Crippen LogP contribution is -2.29. The molecule has 2 amide bonds. The monoisotopic (exact) mass is 271 g/mol. The molecule has 1 aliphatic rings. The Kier molecular flexibility index (Phi) is 2.78. The summed E-state index contributed by atoms with van der Waals surface area (Å²) in [5, 5.41) is 0. The van der Waals surface area contributed by atoms with Gasteiger partial charge in [0.15, 0.2) is 0 Å². The van der Waals surface area contributed by atoms with E-state index in [2.05, 4.69) is 4.98 Å². The number of amides is 2. The largest absolute Gasteiger partial charge is 0.444 e. The molecule has 1 aromatic carbocycles. The average molecular weight is 271 g/mol. The van der Waals surface area contributed by atoms with Gasteiger partial charge in [0.25, 0.3) is 11.8 Å². The Morgan fingerprint density at radius 1 is 1.30 bits per heavy atom. The summed E-state index contributed by atoms with van der Waals surface area (Å²) in [6.45, 7) is 1.96. The number of hydrogen-bond acceptors (Lipinski definition) is 5. The summed E-state index contributed by atoms with van der Waals surface area (Å²) in [5.41, 5.74) is 6.67. The molecule has 2 N–H and O–H groups in total. The molecule has 2 aromatic rings. The number of carbonyl (C=O) groups excluding carboxylic acids is 2. The lowest BCUT2D eigenvalue weighted by atomic mass is 10.1. The number of aromatic nitrogens is 1. The van der Waals surface area contributed by atoms with Gasteiger partial charge in [-0.3, -0.25) is 14.5 Å². The first-order chi connectivity index (χ1) is 9.61. The summed E-state index contributed by atoms with van der Waals surface area (Å²) in [4.78, 5) is 29.6. The zero-order chi connectivity index (χ0) is 14.3. The average Bonchev–Trinajstić information content (AvgIpc) is 2.99. The molecule has 0 bridgehead atoms. The van der Waals surface area contributed by atoms with Gasteiger partial charge in [0.05, 0.1) is 17.3 Å². The van der Waals surface area contributed by atoms with Crippen molar-refractivity contribution < 1.29 is 14.0 Å². The maximum atomic E-state index is 12.3. The van der Waals surface area contributed by atoms with Gasteiger partial charge in [-0.15, -0.1) is 0 Å². The molecule has 3 rings (SSSR count). The molecule has 1 aromatic heterocycles. The highest BCUT2D eigenvalue weighted by molar-refractivity contribution is 6.23. The van der Waals surface area contributed by atoms with Crippen LogP contribution in [0.4, 0.5) is 5.69 Å². The van der Waals surface area contributed by atoms with Crippen LogP contribution >= 0.6 is 0 Å². The number of fused-ring (bicyclic) bond motifs is 1. The second kappa shape index (κ2) is 4.48. The van der Waals surface area contributed by atoms with Crippen molar-refractivity contribution >= 4 is 17.5 Å². The molecule has 0 unspecified atom stereocenters. The van der Waals surface area contributed by atoms with Crippen LogP contribution in [0.5, 0.6) is 0 Å². The number of nitrogens with zero attached hydrogens (tertiary/aromatic N) is 2. The third kappa shape index (κ3) is 1.77. The van der Waals surface area contributed by atoms with E-state index in [4.69, 9.17) is 10.2 Å². The van der Waals surface area contributed by atoms with Gasteiger partial charge in [-0.25, -0.2) is 4.98 Å². The molecule has 6 nitrogen and oxygen atoms in total. The predicted molar refractivity (Wildman–Crippen MR) is 70.9 cm³/mol. The van der Waals surface area contributed by atoms with Crippen molar-refractivity contribution in [3.63, 3.8) is 0 Å². The van der Waals surface area contributed by atoms with Gasteiger partial charge in [0.2, 0.25) is 5.89 Å². The van der Waals surface area contributed by atoms with Gasteiger partial charge in [-0.2, -0.15) is 0 Å². The van der Waals surface area contributed by atoms with Crippen LogP contribution in [-0.4, -0.2) is 21.7 Å². The third-order valence-corrected chi connectivity index (χ3v) is 3.27. The Bertz CT molecular complexity index is 705. The van der Waals surface area contributed by atoms with E-state index in [1.54, 1.807) is 24.4 Å². The number of oxazole rings is 1. The van der Waals surface area contributed by atoms with Crippen LogP contribution in [0.3, 0.4) is 0 Å². The molecule has 0 aliphatic carbocycles. The first-order valence-electron chi connectivity index (χ1n) is 6.30. The number of benzene rings is 1. The van der Waals surface area contributed by atoms with Crippen LogP contribution in [-0.2, 0) is 13.0 Å². The van der Waals surface area contributed by atoms with Crippen LogP contribution in [0.2, 0.25) is 0 Å². The molecule has 102 valence electrons. The lowest BCUT2D eigenvalue weighted by Gasteiger charge is -2.10. The molecule has 0 fully saturated rings. The summed E-state index contributed by atoms with van der Waals surface area (Å²) in [5.74, 6) is 0.291. The van der Waals surface area contributed by atoms with Gasteiger partial charge >= 0.3 is 0 Å². The molecule has 0 spiro atoms. The van der Waals surface area contributed by atoms with Crippen molar-refractivity contribution in [1.29, 1.82) is 0 Å². The zero-order valence-corrected chi connectivity index (χ0v) is 10.9. The van der Waals surface area contributed by atoms with E-state index in [9.17, 15) is 9.59 Å². The van der Waals surface area contributed by atoms with Crippen molar-refractivity contribution in [3.8, 4) is 0 Å². The fraction of sp³-hybridized carbons (Fsp3) is 0.214. The summed E-state index contributed by atoms with van der Waals surface area (Å²) in [6, 6.07) is 4.86. The van der Waals surface area contributed by atoms with Crippen LogP contribution in [0.1, 0.15) is 39.3 Å². The molecular weight excluding hydrogens is 258 g/mol. The third-order valence-electron chi connectivity index (χ3n) is 3.27. The zero-order valence-electron chi connectivity index (χ0n) is 10.9. The highest BCUT2D eigenvalue weighted by Gasteiger charge is 2.37. The van der Waals surface area contributed by atoms with Crippen LogP contribution in [0, 0.1) is 0 Å². The second-order valence-corrected chi connectivity index (χ2v) is 4.54. The Balaban J connectivity index is 1.92.